The van der Waals surface area contributed by atoms with E-state index >= 15 is 0 Å². The number of nitrogens with zero attached hydrogens (tertiary/aromatic N) is 1. The van der Waals surface area contributed by atoms with Gasteiger partial charge in [0.1, 0.15) is 6.54 Å². The van der Waals surface area contributed by atoms with Crippen LogP contribution in [0, 0.1) is 6.92 Å². The van der Waals surface area contributed by atoms with Crippen LogP contribution >= 0.6 is 0 Å². The molecule has 20 heavy (non-hydrogen) atoms. The summed E-state index contributed by atoms with van der Waals surface area (Å²) >= 11 is 0. The van der Waals surface area contributed by atoms with Crippen molar-refractivity contribution < 1.29 is 9.90 Å². The molecule has 0 aliphatic heterocycles. The van der Waals surface area contributed by atoms with E-state index in [1.54, 1.807) is 0 Å². The van der Waals surface area contributed by atoms with E-state index in [2.05, 4.69) is 0 Å². The number of fused-ring (bicyclic) bond motifs is 1. The molecule has 0 atom stereocenters. The number of carbonyl (C=O) groups is 1. The Morgan fingerprint density at radius 3 is 2.40 bits per heavy atom. The first-order valence-electron chi connectivity index (χ1n) is 6.53. The SMILES string of the molecule is Cc1c(-c2ccccc2)n(CC(=O)O)c2ccccc12. The molecule has 0 unspecified atom stereocenters. The van der Waals surface area contributed by atoms with E-state index in [9.17, 15) is 9.90 Å². The van der Waals surface area contributed by atoms with Crippen molar-refractivity contribution in [2.75, 3.05) is 0 Å². The molecule has 1 aromatic heterocycles. The van der Waals surface area contributed by atoms with Crippen LogP contribution in [0.4, 0.5) is 0 Å². The fourth-order valence-corrected chi connectivity index (χ4v) is 2.74. The summed E-state index contributed by atoms with van der Waals surface area (Å²) in [4.78, 5) is 11.2. The van der Waals surface area contributed by atoms with Gasteiger partial charge in [0.15, 0.2) is 0 Å². The van der Waals surface area contributed by atoms with E-state index < -0.39 is 5.97 Å². The lowest BCUT2D eigenvalue weighted by atomic mass is 10.1. The van der Waals surface area contributed by atoms with Gasteiger partial charge in [-0.3, -0.25) is 4.79 Å². The first-order chi connectivity index (χ1) is 9.68. The van der Waals surface area contributed by atoms with Gasteiger partial charge in [0.25, 0.3) is 0 Å². The Hall–Kier alpha value is -2.55. The summed E-state index contributed by atoms with van der Waals surface area (Å²) in [6.07, 6.45) is 0. The molecule has 0 saturated heterocycles. The first kappa shape index (κ1) is 12.5. The number of hydrogen-bond donors (Lipinski definition) is 1. The zero-order valence-corrected chi connectivity index (χ0v) is 11.2. The van der Waals surface area contributed by atoms with Crippen molar-refractivity contribution in [2.45, 2.75) is 13.5 Å². The predicted octanol–water partition coefficient (Wildman–Crippen LogP) is 3.70. The Kier molecular flexibility index (Phi) is 3.03. The zero-order valence-electron chi connectivity index (χ0n) is 11.2. The molecule has 3 aromatic rings. The average molecular weight is 265 g/mol. The van der Waals surface area contributed by atoms with Crippen molar-refractivity contribution in [3.63, 3.8) is 0 Å². The summed E-state index contributed by atoms with van der Waals surface area (Å²) < 4.78 is 1.88. The topological polar surface area (TPSA) is 42.2 Å². The van der Waals surface area contributed by atoms with Gasteiger partial charge in [0.05, 0.1) is 5.69 Å². The van der Waals surface area contributed by atoms with Gasteiger partial charge < -0.3 is 9.67 Å². The van der Waals surface area contributed by atoms with Crippen LogP contribution in [-0.4, -0.2) is 15.6 Å². The lowest BCUT2D eigenvalue weighted by Crippen LogP contribution is -2.09. The van der Waals surface area contributed by atoms with Gasteiger partial charge in [-0.1, -0.05) is 48.5 Å². The fourth-order valence-electron chi connectivity index (χ4n) is 2.74. The van der Waals surface area contributed by atoms with Gasteiger partial charge >= 0.3 is 5.97 Å². The van der Waals surface area contributed by atoms with E-state index in [1.807, 2.05) is 66.1 Å². The molecule has 3 heteroatoms. The number of hydrogen-bond acceptors (Lipinski definition) is 1. The van der Waals surface area contributed by atoms with Crippen LogP contribution in [0.2, 0.25) is 0 Å². The normalized spacial score (nSPS) is 10.8. The maximum atomic E-state index is 11.2. The highest BCUT2D eigenvalue weighted by molar-refractivity contribution is 5.92. The third-order valence-corrected chi connectivity index (χ3v) is 3.56. The molecule has 0 radical (unpaired) electrons. The molecule has 0 spiro atoms. The van der Waals surface area contributed by atoms with Crippen molar-refractivity contribution in [2.24, 2.45) is 0 Å². The Labute approximate surface area is 117 Å². The highest BCUT2D eigenvalue weighted by Crippen LogP contribution is 2.32. The maximum absolute atomic E-state index is 11.2. The van der Waals surface area contributed by atoms with Crippen LogP contribution < -0.4 is 0 Å². The molecule has 3 rings (SSSR count). The number of para-hydroxylation sites is 1. The van der Waals surface area contributed by atoms with Crippen LogP contribution in [0.15, 0.2) is 54.6 Å². The van der Waals surface area contributed by atoms with E-state index in [0.29, 0.717) is 0 Å². The van der Waals surface area contributed by atoms with Crippen LogP contribution in [0.25, 0.3) is 22.2 Å². The van der Waals surface area contributed by atoms with E-state index in [0.717, 1.165) is 27.7 Å². The summed E-state index contributed by atoms with van der Waals surface area (Å²) in [7, 11) is 0. The Bertz CT molecular complexity index is 772. The van der Waals surface area contributed by atoms with E-state index in [1.165, 1.54) is 0 Å². The largest absolute Gasteiger partial charge is 0.480 e. The molecular formula is C17H15NO2. The number of benzene rings is 2. The van der Waals surface area contributed by atoms with Crippen LogP contribution in [-0.2, 0) is 11.3 Å². The molecule has 0 aliphatic rings. The summed E-state index contributed by atoms with van der Waals surface area (Å²) in [5.41, 5.74) is 4.11. The molecule has 0 fully saturated rings. The second kappa shape index (κ2) is 4.85. The Morgan fingerprint density at radius 2 is 1.70 bits per heavy atom. The van der Waals surface area contributed by atoms with Crippen molar-refractivity contribution in [3.8, 4) is 11.3 Å². The van der Waals surface area contributed by atoms with Gasteiger partial charge in [-0.15, -0.1) is 0 Å². The number of aliphatic carboxylic acids is 1. The van der Waals surface area contributed by atoms with Crippen molar-refractivity contribution in [1.29, 1.82) is 0 Å². The van der Waals surface area contributed by atoms with Crippen molar-refractivity contribution in [3.05, 3.63) is 60.2 Å². The van der Waals surface area contributed by atoms with Gasteiger partial charge in [-0.2, -0.15) is 0 Å². The fraction of sp³-hybridized carbons (Fsp3) is 0.118. The number of aryl methyl sites for hydroxylation is 1. The molecule has 2 aromatic carbocycles. The standard InChI is InChI=1S/C17H15NO2/c1-12-14-9-5-6-10-15(14)18(11-16(19)20)17(12)13-7-3-2-4-8-13/h2-10H,11H2,1H3,(H,19,20). The van der Waals surface area contributed by atoms with Gasteiger partial charge in [-0.25, -0.2) is 0 Å². The number of rotatable bonds is 3. The van der Waals surface area contributed by atoms with Crippen LogP contribution in [0.5, 0.6) is 0 Å². The zero-order chi connectivity index (χ0) is 14.1. The molecule has 1 heterocycles. The highest BCUT2D eigenvalue weighted by atomic mass is 16.4. The monoisotopic (exact) mass is 265 g/mol. The lowest BCUT2D eigenvalue weighted by Gasteiger charge is -2.09. The van der Waals surface area contributed by atoms with Crippen molar-refractivity contribution in [1.82, 2.24) is 4.57 Å². The highest BCUT2D eigenvalue weighted by Gasteiger charge is 2.16. The molecule has 0 saturated carbocycles. The second-order valence-corrected chi connectivity index (χ2v) is 4.84. The summed E-state index contributed by atoms with van der Waals surface area (Å²) in [5, 5.41) is 10.3. The van der Waals surface area contributed by atoms with E-state index in [4.69, 9.17) is 0 Å². The molecule has 0 bridgehead atoms. The molecule has 0 amide bonds. The van der Waals surface area contributed by atoms with Crippen LogP contribution in [0.1, 0.15) is 5.56 Å². The number of carboxylic acid groups (broad SMARTS) is 1. The Morgan fingerprint density at radius 1 is 1.05 bits per heavy atom. The number of carboxylic acids is 1. The molecule has 1 N–H and O–H groups in total. The van der Waals surface area contributed by atoms with E-state index in [-0.39, 0.29) is 6.54 Å². The van der Waals surface area contributed by atoms with Gasteiger partial charge in [0, 0.05) is 10.9 Å². The second-order valence-electron chi connectivity index (χ2n) is 4.84. The quantitative estimate of drug-likeness (QED) is 0.784. The van der Waals surface area contributed by atoms with Crippen molar-refractivity contribution >= 4 is 16.9 Å². The molecule has 0 aliphatic carbocycles. The van der Waals surface area contributed by atoms with Gasteiger partial charge in [0.2, 0.25) is 0 Å². The van der Waals surface area contributed by atoms with Gasteiger partial charge in [-0.05, 0) is 24.1 Å². The third kappa shape index (κ3) is 1.97. The molecule has 3 nitrogen and oxygen atoms in total. The predicted molar refractivity (Wildman–Crippen MR) is 79.7 cm³/mol. The summed E-state index contributed by atoms with van der Waals surface area (Å²) in [6.45, 7) is 2.02. The lowest BCUT2D eigenvalue weighted by molar-refractivity contribution is -0.137. The number of aromatic nitrogens is 1. The summed E-state index contributed by atoms with van der Waals surface area (Å²) in [5.74, 6) is -0.831. The minimum absolute atomic E-state index is 0.0292. The molecule has 100 valence electrons. The first-order valence-corrected chi connectivity index (χ1v) is 6.53. The third-order valence-electron chi connectivity index (χ3n) is 3.56. The molecular weight excluding hydrogens is 250 g/mol. The van der Waals surface area contributed by atoms with Crippen LogP contribution in [0.3, 0.4) is 0 Å². The smallest absolute Gasteiger partial charge is 0.323 e. The maximum Gasteiger partial charge on any atom is 0.323 e. The Balaban J connectivity index is 2.34. The minimum atomic E-state index is -0.831. The average Bonchev–Trinajstić information content (AvgIpc) is 2.73. The summed E-state index contributed by atoms with van der Waals surface area (Å²) in [6, 6.07) is 17.9. The minimum Gasteiger partial charge on any atom is -0.480 e.